The Balaban J connectivity index is 1.96. The number of nitrogens with one attached hydrogen (secondary N) is 2. The summed E-state index contributed by atoms with van der Waals surface area (Å²) >= 11 is 1.64. The van der Waals surface area contributed by atoms with E-state index < -0.39 is 0 Å². The summed E-state index contributed by atoms with van der Waals surface area (Å²) in [4.78, 5) is 4.13. The second-order valence-corrected chi connectivity index (χ2v) is 6.08. The summed E-state index contributed by atoms with van der Waals surface area (Å²) in [6.07, 6.45) is 1.98. The van der Waals surface area contributed by atoms with Crippen LogP contribution in [0.3, 0.4) is 0 Å². The number of thioether (sulfide) groups is 1. The Morgan fingerprint density at radius 1 is 1.00 bits per heavy atom. The largest absolute Gasteiger partial charge is 0.352 e. The van der Waals surface area contributed by atoms with Crippen molar-refractivity contribution in [2.75, 3.05) is 13.3 Å². The quantitative estimate of drug-likeness (QED) is 0.617. The van der Waals surface area contributed by atoms with Gasteiger partial charge in [-0.15, -0.1) is 0 Å². The van der Waals surface area contributed by atoms with E-state index in [-0.39, 0.29) is 11.6 Å². The second-order valence-electron chi connectivity index (χ2n) is 5.22. The Kier molecular flexibility index (Phi) is 7.06. The first-order valence-electron chi connectivity index (χ1n) is 7.58. The fourth-order valence-electron chi connectivity index (χ4n) is 2.28. The molecule has 0 saturated carbocycles. The van der Waals surface area contributed by atoms with Crippen molar-refractivity contribution in [1.82, 2.24) is 10.6 Å². The van der Waals surface area contributed by atoms with Gasteiger partial charge in [0, 0.05) is 31.5 Å². The van der Waals surface area contributed by atoms with Gasteiger partial charge in [0.15, 0.2) is 5.96 Å². The predicted octanol–water partition coefficient (Wildman–Crippen LogP) is 3.69. The molecule has 0 heterocycles. The first kappa shape index (κ1) is 18.3. The first-order chi connectivity index (χ1) is 11.6. The van der Waals surface area contributed by atoms with Crippen LogP contribution in [0.4, 0.5) is 8.78 Å². The standard InChI is InChI=1S/C18H21F2N3S/c1-21-18(23-11-14-5-3-4-6-17(14)20)22-10-13-7-8-16(19)9-15(13)12-24-2/h3-9H,10-12H2,1-2H3,(H2,21,22,23). The van der Waals surface area contributed by atoms with E-state index in [4.69, 9.17) is 0 Å². The molecule has 0 aliphatic carbocycles. The van der Waals surface area contributed by atoms with Crippen LogP contribution in [0, 0.1) is 11.6 Å². The van der Waals surface area contributed by atoms with Crippen LogP contribution in [0.2, 0.25) is 0 Å². The van der Waals surface area contributed by atoms with Crippen molar-refractivity contribution in [2.45, 2.75) is 18.8 Å². The summed E-state index contributed by atoms with van der Waals surface area (Å²) in [6.45, 7) is 0.862. The number of nitrogens with zero attached hydrogens (tertiary/aromatic N) is 1. The second kappa shape index (κ2) is 9.27. The molecule has 2 aromatic carbocycles. The third kappa shape index (κ3) is 5.23. The zero-order chi connectivity index (χ0) is 17.4. The molecular weight excluding hydrogens is 328 g/mol. The van der Waals surface area contributed by atoms with Gasteiger partial charge in [0.2, 0.25) is 0 Å². The summed E-state index contributed by atoms with van der Waals surface area (Å²) in [7, 11) is 1.66. The van der Waals surface area contributed by atoms with Gasteiger partial charge in [0.1, 0.15) is 11.6 Å². The minimum atomic E-state index is -0.249. The van der Waals surface area contributed by atoms with Crippen molar-refractivity contribution >= 4 is 17.7 Å². The van der Waals surface area contributed by atoms with E-state index in [2.05, 4.69) is 15.6 Å². The maximum absolute atomic E-state index is 13.6. The maximum Gasteiger partial charge on any atom is 0.191 e. The van der Waals surface area contributed by atoms with E-state index >= 15 is 0 Å². The fourth-order valence-corrected chi connectivity index (χ4v) is 2.86. The molecule has 0 amide bonds. The number of hydrogen-bond donors (Lipinski definition) is 2. The normalized spacial score (nSPS) is 11.4. The summed E-state index contributed by atoms with van der Waals surface area (Å²) in [5.74, 6) is 0.833. The number of rotatable bonds is 6. The highest BCUT2D eigenvalue weighted by atomic mass is 32.2. The Morgan fingerprint density at radius 2 is 1.71 bits per heavy atom. The molecule has 128 valence electrons. The lowest BCUT2D eigenvalue weighted by atomic mass is 10.1. The lowest BCUT2D eigenvalue weighted by Gasteiger charge is -2.14. The predicted molar refractivity (Wildman–Crippen MR) is 97.1 cm³/mol. The zero-order valence-corrected chi connectivity index (χ0v) is 14.6. The molecule has 2 N–H and O–H groups in total. The van der Waals surface area contributed by atoms with E-state index in [1.807, 2.05) is 6.26 Å². The molecule has 0 fully saturated rings. The van der Waals surface area contributed by atoms with Gasteiger partial charge < -0.3 is 10.6 Å². The Hall–Kier alpha value is -2.08. The van der Waals surface area contributed by atoms with E-state index in [1.54, 1.807) is 49.1 Å². The topological polar surface area (TPSA) is 36.4 Å². The Morgan fingerprint density at radius 3 is 2.38 bits per heavy atom. The molecule has 0 unspecified atom stereocenters. The molecule has 0 aliphatic rings. The van der Waals surface area contributed by atoms with Crippen LogP contribution in [-0.4, -0.2) is 19.3 Å². The van der Waals surface area contributed by atoms with Crippen LogP contribution in [0.5, 0.6) is 0 Å². The minimum absolute atomic E-state index is 0.232. The SMILES string of the molecule is CN=C(NCc1ccccc1F)NCc1ccc(F)cc1CSC. The van der Waals surface area contributed by atoms with E-state index in [0.29, 0.717) is 24.6 Å². The summed E-state index contributed by atoms with van der Waals surface area (Å²) < 4.78 is 27.0. The molecule has 0 aromatic heterocycles. The zero-order valence-electron chi connectivity index (χ0n) is 13.8. The van der Waals surface area contributed by atoms with Gasteiger partial charge in [-0.1, -0.05) is 24.3 Å². The number of hydrogen-bond acceptors (Lipinski definition) is 2. The van der Waals surface area contributed by atoms with E-state index in [9.17, 15) is 8.78 Å². The smallest absolute Gasteiger partial charge is 0.191 e. The molecule has 0 aliphatic heterocycles. The van der Waals surface area contributed by atoms with Crippen molar-refractivity contribution in [1.29, 1.82) is 0 Å². The Bertz CT molecular complexity index is 704. The molecule has 2 rings (SSSR count). The molecule has 0 saturated heterocycles. The molecule has 0 atom stereocenters. The summed E-state index contributed by atoms with van der Waals surface area (Å²) in [5, 5.41) is 6.26. The minimum Gasteiger partial charge on any atom is -0.352 e. The molecule has 0 bridgehead atoms. The lowest BCUT2D eigenvalue weighted by Crippen LogP contribution is -2.36. The van der Waals surface area contributed by atoms with Gasteiger partial charge in [-0.3, -0.25) is 4.99 Å². The third-order valence-corrected chi connectivity index (χ3v) is 4.14. The molecule has 0 spiro atoms. The summed E-state index contributed by atoms with van der Waals surface area (Å²) in [5.41, 5.74) is 2.55. The van der Waals surface area contributed by atoms with Gasteiger partial charge in [0.05, 0.1) is 0 Å². The maximum atomic E-state index is 13.6. The van der Waals surface area contributed by atoms with E-state index in [1.165, 1.54) is 12.1 Å². The molecule has 3 nitrogen and oxygen atoms in total. The number of guanidine groups is 1. The number of halogens is 2. The van der Waals surface area contributed by atoms with Crippen molar-refractivity contribution in [3.05, 3.63) is 70.8 Å². The number of benzene rings is 2. The van der Waals surface area contributed by atoms with Crippen molar-refractivity contribution in [2.24, 2.45) is 4.99 Å². The first-order valence-corrected chi connectivity index (χ1v) is 8.97. The molecule has 24 heavy (non-hydrogen) atoms. The van der Waals surface area contributed by atoms with Crippen LogP contribution >= 0.6 is 11.8 Å². The van der Waals surface area contributed by atoms with Crippen LogP contribution in [0.15, 0.2) is 47.5 Å². The van der Waals surface area contributed by atoms with Crippen LogP contribution in [0.25, 0.3) is 0 Å². The van der Waals surface area contributed by atoms with Crippen LogP contribution in [-0.2, 0) is 18.8 Å². The van der Waals surface area contributed by atoms with E-state index in [0.717, 1.165) is 16.9 Å². The Labute approximate surface area is 145 Å². The average Bonchev–Trinajstić information content (AvgIpc) is 2.58. The van der Waals surface area contributed by atoms with Crippen molar-refractivity contribution in [3.63, 3.8) is 0 Å². The van der Waals surface area contributed by atoms with Crippen LogP contribution < -0.4 is 10.6 Å². The monoisotopic (exact) mass is 349 g/mol. The highest BCUT2D eigenvalue weighted by Gasteiger charge is 2.06. The third-order valence-electron chi connectivity index (χ3n) is 3.54. The highest BCUT2D eigenvalue weighted by molar-refractivity contribution is 7.97. The molecule has 6 heteroatoms. The molecule has 2 aromatic rings. The fraction of sp³-hybridized carbons (Fsp3) is 0.278. The van der Waals surface area contributed by atoms with Crippen molar-refractivity contribution in [3.8, 4) is 0 Å². The van der Waals surface area contributed by atoms with Crippen molar-refractivity contribution < 1.29 is 8.78 Å². The van der Waals surface area contributed by atoms with Gasteiger partial charge in [-0.25, -0.2) is 8.78 Å². The average molecular weight is 349 g/mol. The van der Waals surface area contributed by atoms with Gasteiger partial charge >= 0.3 is 0 Å². The molecule has 0 radical (unpaired) electrons. The van der Waals surface area contributed by atoms with Gasteiger partial charge in [-0.2, -0.15) is 11.8 Å². The number of aliphatic imine (C=N–C) groups is 1. The van der Waals surface area contributed by atoms with Gasteiger partial charge in [-0.05, 0) is 35.6 Å². The lowest BCUT2D eigenvalue weighted by molar-refractivity contribution is 0.604. The molecular formula is C18H21F2N3S. The van der Waals surface area contributed by atoms with Gasteiger partial charge in [0.25, 0.3) is 0 Å². The highest BCUT2D eigenvalue weighted by Crippen LogP contribution is 2.16. The van der Waals surface area contributed by atoms with Crippen LogP contribution in [0.1, 0.15) is 16.7 Å². The summed E-state index contributed by atoms with van der Waals surface area (Å²) in [6, 6.07) is 11.4.